The number of benzene rings is 11. The van der Waals surface area contributed by atoms with Gasteiger partial charge in [0.15, 0.2) is 17.5 Å². The van der Waals surface area contributed by atoms with Crippen LogP contribution in [0, 0.1) is 0 Å². The van der Waals surface area contributed by atoms with Crippen molar-refractivity contribution in [1.29, 1.82) is 0 Å². The maximum Gasteiger partial charge on any atom is 0.164 e. The third-order valence-corrected chi connectivity index (χ3v) is 16.1. The first-order chi connectivity index (χ1) is 37.2. The third kappa shape index (κ3) is 7.18. The average molecular weight is 974 g/mol. The van der Waals surface area contributed by atoms with Crippen LogP contribution in [0.1, 0.15) is 0 Å². The molecule has 5 nitrogen and oxygen atoms in total. The van der Waals surface area contributed by atoms with Crippen molar-refractivity contribution in [3.63, 3.8) is 0 Å². The van der Waals surface area contributed by atoms with Crippen LogP contribution >= 0.6 is 11.3 Å². The number of nitrogens with zero attached hydrogens (tertiary/aromatic N) is 5. The first kappa shape index (κ1) is 42.9. The normalized spacial score (nSPS) is 11.7. The summed E-state index contributed by atoms with van der Waals surface area (Å²) < 4.78 is 7.46. The van der Waals surface area contributed by atoms with E-state index in [1.54, 1.807) is 0 Å². The molecular weight excluding hydrogens is 931 g/mol. The summed E-state index contributed by atoms with van der Waals surface area (Å²) in [5.74, 6) is 1.86. The van der Waals surface area contributed by atoms with Gasteiger partial charge in [-0.05, 0) is 81.9 Å². The Kier molecular flexibility index (Phi) is 10.00. The van der Waals surface area contributed by atoms with Gasteiger partial charge in [-0.3, -0.25) is 0 Å². The molecule has 0 atom stereocenters. The minimum Gasteiger partial charge on any atom is -0.308 e. The largest absolute Gasteiger partial charge is 0.308 e. The van der Waals surface area contributed by atoms with Crippen molar-refractivity contribution in [2.45, 2.75) is 0 Å². The zero-order valence-electron chi connectivity index (χ0n) is 40.5. The van der Waals surface area contributed by atoms with E-state index >= 15 is 0 Å². The maximum absolute atomic E-state index is 5.18. The smallest absolute Gasteiger partial charge is 0.164 e. The van der Waals surface area contributed by atoms with E-state index in [0.717, 1.165) is 55.8 Å². The average Bonchev–Trinajstić information content (AvgIpc) is 4.16. The van der Waals surface area contributed by atoms with E-state index in [1.165, 1.54) is 69.4 Å². The van der Waals surface area contributed by atoms with Crippen LogP contribution in [0.4, 0.5) is 0 Å². The van der Waals surface area contributed by atoms with E-state index < -0.39 is 0 Å². The number of fused-ring (bicyclic) bond motifs is 11. The van der Waals surface area contributed by atoms with Crippen LogP contribution in [0.15, 0.2) is 261 Å². The molecule has 15 aromatic rings. The van der Waals surface area contributed by atoms with Crippen LogP contribution in [-0.4, -0.2) is 24.1 Å². The summed E-state index contributed by atoms with van der Waals surface area (Å²) in [6.07, 6.45) is 0. The molecule has 350 valence electrons. The Morgan fingerprint density at radius 2 is 0.507 bits per heavy atom. The van der Waals surface area contributed by atoms with E-state index in [9.17, 15) is 0 Å². The molecule has 0 saturated heterocycles. The Bertz CT molecular complexity index is 4530. The standard InChI is InChI=1S/C69H43N5S/c1-4-14-44(15-5-1)47-24-28-50(29-25-47)67-70-68(51-30-26-48(27-31-51)45-16-6-2-7-17-45)72-69(71-67)52-34-38-54(39-35-52)74-62-23-13-11-21-56(62)58-41-43-60-59-42-40-57-55-20-10-12-22-61(55)73(63(57)65(59)75-66(60)64(58)74)53-36-32-49(33-37-53)46-18-8-3-9-19-46/h1-43H. The molecule has 15 rings (SSSR count). The van der Waals surface area contributed by atoms with Gasteiger partial charge < -0.3 is 9.13 Å². The minimum atomic E-state index is 0.615. The fraction of sp³-hybridized carbons (Fsp3) is 0. The summed E-state index contributed by atoms with van der Waals surface area (Å²) in [6.45, 7) is 0. The maximum atomic E-state index is 5.18. The third-order valence-electron chi connectivity index (χ3n) is 14.8. The van der Waals surface area contributed by atoms with Gasteiger partial charge in [-0.15, -0.1) is 11.3 Å². The molecule has 0 N–H and O–H groups in total. The van der Waals surface area contributed by atoms with Gasteiger partial charge in [0.05, 0.1) is 31.5 Å². The van der Waals surface area contributed by atoms with Gasteiger partial charge in [0.25, 0.3) is 0 Å². The minimum absolute atomic E-state index is 0.615. The van der Waals surface area contributed by atoms with Crippen molar-refractivity contribution >= 4 is 75.1 Å². The summed E-state index contributed by atoms with van der Waals surface area (Å²) in [6, 6.07) is 93.2. The van der Waals surface area contributed by atoms with Crippen LogP contribution in [-0.2, 0) is 0 Å². The lowest BCUT2D eigenvalue weighted by molar-refractivity contribution is 1.07. The molecular formula is C69H43N5S. The molecule has 0 bridgehead atoms. The lowest BCUT2D eigenvalue weighted by atomic mass is 10.0. The molecule has 0 aliphatic carbocycles. The molecule has 0 unspecified atom stereocenters. The summed E-state index contributed by atoms with van der Waals surface area (Å²) in [5.41, 5.74) is 16.8. The highest BCUT2D eigenvalue weighted by molar-refractivity contribution is 7.27. The molecule has 0 spiro atoms. The molecule has 0 saturated carbocycles. The molecule has 11 aromatic carbocycles. The van der Waals surface area contributed by atoms with Gasteiger partial charge in [0, 0.05) is 60.4 Å². The van der Waals surface area contributed by atoms with Crippen molar-refractivity contribution in [3.05, 3.63) is 261 Å². The Morgan fingerprint density at radius 3 is 0.880 bits per heavy atom. The highest BCUT2D eigenvalue weighted by atomic mass is 32.1. The van der Waals surface area contributed by atoms with E-state index in [1.807, 2.05) is 23.5 Å². The number of hydrogen-bond acceptors (Lipinski definition) is 4. The fourth-order valence-electron chi connectivity index (χ4n) is 11.2. The quantitative estimate of drug-likeness (QED) is 0.152. The molecule has 0 amide bonds. The van der Waals surface area contributed by atoms with Crippen molar-refractivity contribution in [2.75, 3.05) is 0 Å². The molecule has 0 aliphatic rings. The van der Waals surface area contributed by atoms with Crippen LogP contribution < -0.4 is 0 Å². The number of thiophene rings is 1. The molecule has 4 aromatic heterocycles. The zero-order chi connectivity index (χ0) is 49.4. The summed E-state index contributed by atoms with van der Waals surface area (Å²) >= 11 is 1.90. The molecule has 4 heterocycles. The lowest BCUT2D eigenvalue weighted by Crippen LogP contribution is -2.00. The van der Waals surface area contributed by atoms with Crippen LogP contribution in [0.3, 0.4) is 0 Å². The van der Waals surface area contributed by atoms with Crippen molar-refractivity contribution < 1.29 is 0 Å². The summed E-state index contributed by atoms with van der Waals surface area (Å²) in [4.78, 5) is 15.5. The van der Waals surface area contributed by atoms with Gasteiger partial charge in [-0.25, -0.2) is 15.0 Å². The van der Waals surface area contributed by atoms with Crippen LogP contribution in [0.5, 0.6) is 0 Å². The van der Waals surface area contributed by atoms with Crippen LogP contribution in [0.2, 0.25) is 0 Å². The monoisotopic (exact) mass is 973 g/mol. The van der Waals surface area contributed by atoms with Gasteiger partial charge >= 0.3 is 0 Å². The van der Waals surface area contributed by atoms with Gasteiger partial charge in [0.2, 0.25) is 0 Å². The number of rotatable bonds is 8. The van der Waals surface area contributed by atoms with E-state index in [2.05, 4.69) is 258 Å². The Labute approximate surface area is 436 Å². The van der Waals surface area contributed by atoms with Gasteiger partial charge in [0.1, 0.15) is 0 Å². The predicted octanol–water partition coefficient (Wildman–Crippen LogP) is 18.4. The summed E-state index contributed by atoms with van der Waals surface area (Å²) in [5, 5.41) is 7.45. The van der Waals surface area contributed by atoms with Crippen molar-refractivity contribution in [2.24, 2.45) is 0 Å². The van der Waals surface area contributed by atoms with E-state index in [4.69, 9.17) is 15.0 Å². The molecule has 6 heteroatoms. The zero-order valence-corrected chi connectivity index (χ0v) is 41.3. The van der Waals surface area contributed by atoms with Crippen molar-refractivity contribution in [1.82, 2.24) is 24.1 Å². The molecule has 0 radical (unpaired) electrons. The van der Waals surface area contributed by atoms with E-state index in [-0.39, 0.29) is 0 Å². The predicted molar refractivity (Wildman–Crippen MR) is 314 cm³/mol. The second-order valence-electron chi connectivity index (χ2n) is 19.1. The second kappa shape index (κ2) is 17.5. The number of hydrogen-bond donors (Lipinski definition) is 0. The Morgan fingerprint density at radius 1 is 0.227 bits per heavy atom. The Hall–Kier alpha value is -9.75. The van der Waals surface area contributed by atoms with Gasteiger partial charge in [-0.2, -0.15) is 0 Å². The first-order valence-electron chi connectivity index (χ1n) is 25.3. The molecule has 75 heavy (non-hydrogen) atoms. The second-order valence-corrected chi connectivity index (χ2v) is 20.2. The fourth-order valence-corrected chi connectivity index (χ4v) is 12.5. The first-order valence-corrected chi connectivity index (χ1v) is 26.2. The molecule has 0 fully saturated rings. The molecule has 0 aliphatic heterocycles. The SMILES string of the molecule is c1ccc(-c2ccc(-c3nc(-c4ccc(-c5ccccc5)cc4)nc(-c4ccc(-n5c6ccccc6c6ccc7c8ccc9c%10ccccc%10n(-c%10ccc(-c%11ccccc%11)cc%10)c9c8sc7c65)cc4)n3)cc2)cc1. The Balaban J connectivity index is 0.876. The number of para-hydroxylation sites is 2. The summed E-state index contributed by atoms with van der Waals surface area (Å²) in [7, 11) is 0. The van der Waals surface area contributed by atoms with Crippen molar-refractivity contribution in [3.8, 4) is 78.9 Å². The highest BCUT2D eigenvalue weighted by Crippen LogP contribution is 2.47. The van der Waals surface area contributed by atoms with E-state index in [0.29, 0.717) is 17.5 Å². The van der Waals surface area contributed by atoms with Crippen LogP contribution in [0.25, 0.3) is 143 Å². The lowest BCUT2D eigenvalue weighted by Gasteiger charge is -2.11. The highest BCUT2D eigenvalue weighted by Gasteiger charge is 2.22. The van der Waals surface area contributed by atoms with Gasteiger partial charge in [-0.1, -0.05) is 212 Å². The number of aromatic nitrogens is 5. The topological polar surface area (TPSA) is 48.5 Å².